The maximum Gasteiger partial charge on any atom is 0.260 e. The van der Waals surface area contributed by atoms with Gasteiger partial charge < -0.3 is 14.5 Å². The normalized spacial score (nSPS) is 19.0. The van der Waals surface area contributed by atoms with Gasteiger partial charge in [-0.15, -0.1) is 0 Å². The smallest absolute Gasteiger partial charge is 0.260 e. The Kier molecular flexibility index (Phi) is 6.53. The Balaban J connectivity index is 1.46. The average molecular weight is 384 g/mol. The van der Waals surface area contributed by atoms with Gasteiger partial charge in [0.25, 0.3) is 5.91 Å². The van der Waals surface area contributed by atoms with Crippen molar-refractivity contribution in [2.24, 2.45) is 5.92 Å². The molecule has 3 rings (SSSR count). The number of anilines is 1. The number of amides is 2. The summed E-state index contributed by atoms with van der Waals surface area (Å²) in [6, 6.07) is 9.57. The lowest BCUT2D eigenvalue weighted by atomic mass is 10.0. The van der Waals surface area contributed by atoms with Gasteiger partial charge in [-0.3, -0.25) is 14.5 Å². The van der Waals surface area contributed by atoms with E-state index in [1.807, 2.05) is 26.0 Å². The van der Waals surface area contributed by atoms with Crippen LogP contribution in [0.15, 0.2) is 24.3 Å². The largest absolute Gasteiger partial charge is 0.484 e. The van der Waals surface area contributed by atoms with E-state index >= 15 is 0 Å². The highest BCUT2D eigenvalue weighted by atomic mass is 16.5. The number of hydrogen-bond donors (Lipinski definition) is 0. The first-order valence-electron chi connectivity index (χ1n) is 9.94. The molecule has 0 bridgehead atoms. The molecule has 0 aliphatic carbocycles. The fourth-order valence-corrected chi connectivity index (χ4v) is 3.78. The van der Waals surface area contributed by atoms with Crippen LogP contribution in [0, 0.1) is 17.2 Å². The summed E-state index contributed by atoms with van der Waals surface area (Å²) in [7, 11) is 0. The van der Waals surface area contributed by atoms with Gasteiger partial charge in [0, 0.05) is 44.8 Å². The molecule has 150 valence electrons. The van der Waals surface area contributed by atoms with Crippen molar-refractivity contribution in [1.82, 2.24) is 9.80 Å². The fourth-order valence-electron chi connectivity index (χ4n) is 3.78. The second-order valence-corrected chi connectivity index (χ2v) is 7.67. The standard InChI is InChI=1S/C21H28N4O3/c1-16(2)19(14-22)23-10-12-24(13-11-23)21(27)15-28-18-7-5-17(6-8-18)25-9-3-4-20(25)26/h5-8,16,19H,3-4,9-13,15H2,1-2H3. The van der Waals surface area contributed by atoms with Crippen molar-refractivity contribution in [2.45, 2.75) is 32.7 Å². The average Bonchev–Trinajstić information content (AvgIpc) is 3.13. The molecule has 2 amide bonds. The maximum absolute atomic E-state index is 12.4. The monoisotopic (exact) mass is 384 g/mol. The third kappa shape index (κ3) is 4.63. The number of hydrogen-bond acceptors (Lipinski definition) is 5. The Morgan fingerprint density at radius 2 is 1.82 bits per heavy atom. The molecule has 7 heteroatoms. The first-order valence-corrected chi connectivity index (χ1v) is 9.94. The molecule has 2 fully saturated rings. The molecule has 0 saturated carbocycles. The topological polar surface area (TPSA) is 76.9 Å². The van der Waals surface area contributed by atoms with E-state index in [0.29, 0.717) is 38.3 Å². The Bertz CT molecular complexity index is 733. The van der Waals surface area contributed by atoms with E-state index in [9.17, 15) is 14.9 Å². The first kappa shape index (κ1) is 20.2. The molecule has 0 radical (unpaired) electrons. The van der Waals surface area contributed by atoms with Crippen LogP contribution < -0.4 is 9.64 Å². The van der Waals surface area contributed by atoms with E-state index in [1.54, 1.807) is 21.9 Å². The Labute approximate surface area is 166 Å². The second-order valence-electron chi connectivity index (χ2n) is 7.67. The molecule has 1 aromatic carbocycles. The van der Waals surface area contributed by atoms with E-state index < -0.39 is 0 Å². The predicted octanol–water partition coefficient (Wildman–Crippen LogP) is 1.88. The summed E-state index contributed by atoms with van der Waals surface area (Å²) in [5, 5.41) is 9.32. The zero-order valence-corrected chi connectivity index (χ0v) is 16.6. The number of nitrogens with zero attached hydrogens (tertiary/aromatic N) is 4. The van der Waals surface area contributed by atoms with E-state index in [0.717, 1.165) is 18.7 Å². The number of benzene rings is 1. The van der Waals surface area contributed by atoms with Crippen LogP contribution >= 0.6 is 0 Å². The Hall–Kier alpha value is -2.59. The molecule has 0 N–H and O–H groups in total. The van der Waals surface area contributed by atoms with Crippen molar-refractivity contribution in [2.75, 3.05) is 44.2 Å². The highest BCUT2D eigenvalue weighted by Crippen LogP contribution is 2.24. The van der Waals surface area contributed by atoms with Crippen molar-refractivity contribution < 1.29 is 14.3 Å². The molecule has 1 unspecified atom stereocenters. The molecule has 2 aliphatic heterocycles. The first-order chi connectivity index (χ1) is 13.5. The summed E-state index contributed by atoms with van der Waals surface area (Å²) in [5.41, 5.74) is 0.870. The third-order valence-electron chi connectivity index (χ3n) is 5.41. The lowest BCUT2D eigenvalue weighted by Gasteiger charge is -2.38. The molecule has 2 aliphatic rings. The fraction of sp³-hybridized carbons (Fsp3) is 0.571. The lowest BCUT2D eigenvalue weighted by molar-refractivity contribution is -0.135. The summed E-state index contributed by atoms with van der Waals surface area (Å²) in [4.78, 5) is 29.9. The molecule has 2 heterocycles. The number of ether oxygens (including phenoxy) is 1. The Morgan fingerprint density at radius 3 is 2.36 bits per heavy atom. The molecule has 2 saturated heterocycles. The van der Waals surface area contributed by atoms with Crippen LogP contribution in [0.3, 0.4) is 0 Å². The van der Waals surface area contributed by atoms with E-state index in [-0.39, 0.29) is 30.4 Å². The summed E-state index contributed by atoms with van der Waals surface area (Å²) in [6.45, 7) is 7.49. The van der Waals surface area contributed by atoms with Crippen LogP contribution in [-0.2, 0) is 9.59 Å². The van der Waals surface area contributed by atoms with Crippen molar-refractivity contribution in [3.05, 3.63) is 24.3 Å². The van der Waals surface area contributed by atoms with Gasteiger partial charge in [0.2, 0.25) is 5.91 Å². The van der Waals surface area contributed by atoms with Crippen LogP contribution in [-0.4, -0.2) is 67.0 Å². The van der Waals surface area contributed by atoms with Gasteiger partial charge in [-0.2, -0.15) is 5.26 Å². The minimum atomic E-state index is -0.102. The van der Waals surface area contributed by atoms with Crippen molar-refractivity contribution in [1.29, 1.82) is 5.26 Å². The van der Waals surface area contributed by atoms with Crippen molar-refractivity contribution in [3.8, 4) is 11.8 Å². The third-order valence-corrected chi connectivity index (χ3v) is 5.41. The zero-order chi connectivity index (χ0) is 20.1. The molecular weight excluding hydrogens is 356 g/mol. The van der Waals surface area contributed by atoms with E-state index in [4.69, 9.17) is 4.74 Å². The van der Waals surface area contributed by atoms with Crippen LogP contribution in [0.2, 0.25) is 0 Å². The van der Waals surface area contributed by atoms with Crippen molar-refractivity contribution in [3.63, 3.8) is 0 Å². The van der Waals surface area contributed by atoms with Crippen LogP contribution in [0.1, 0.15) is 26.7 Å². The number of carbonyl (C=O) groups is 2. The van der Waals surface area contributed by atoms with Gasteiger partial charge in [0.15, 0.2) is 6.61 Å². The van der Waals surface area contributed by atoms with Crippen LogP contribution in [0.5, 0.6) is 5.75 Å². The summed E-state index contributed by atoms with van der Waals surface area (Å²) in [6.07, 6.45) is 1.50. The van der Waals surface area contributed by atoms with E-state index in [2.05, 4.69) is 11.0 Å². The lowest BCUT2D eigenvalue weighted by Crippen LogP contribution is -2.53. The molecule has 28 heavy (non-hydrogen) atoms. The summed E-state index contributed by atoms with van der Waals surface area (Å²) in [5.74, 6) is 0.997. The van der Waals surface area contributed by atoms with Crippen molar-refractivity contribution >= 4 is 17.5 Å². The summed E-state index contributed by atoms with van der Waals surface area (Å²) < 4.78 is 5.64. The molecule has 7 nitrogen and oxygen atoms in total. The SMILES string of the molecule is CC(C)C(C#N)N1CCN(C(=O)COc2ccc(N3CCCC3=O)cc2)CC1. The van der Waals surface area contributed by atoms with Gasteiger partial charge in [0.05, 0.1) is 6.07 Å². The predicted molar refractivity (Wildman–Crippen MR) is 106 cm³/mol. The van der Waals surface area contributed by atoms with Gasteiger partial charge in [-0.05, 0) is 36.6 Å². The zero-order valence-electron chi connectivity index (χ0n) is 16.6. The van der Waals surface area contributed by atoms with Gasteiger partial charge in [0.1, 0.15) is 11.8 Å². The molecule has 0 aromatic heterocycles. The highest BCUT2D eigenvalue weighted by Gasteiger charge is 2.28. The van der Waals surface area contributed by atoms with Crippen LogP contribution in [0.25, 0.3) is 0 Å². The van der Waals surface area contributed by atoms with Crippen LogP contribution in [0.4, 0.5) is 5.69 Å². The van der Waals surface area contributed by atoms with Gasteiger partial charge >= 0.3 is 0 Å². The second kappa shape index (κ2) is 9.07. The quantitative estimate of drug-likeness (QED) is 0.749. The van der Waals surface area contributed by atoms with E-state index in [1.165, 1.54) is 0 Å². The number of nitriles is 1. The molecular formula is C21H28N4O3. The molecule has 1 atom stereocenters. The number of piperazine rings is 1. The van der Waals surface area contributed by atoms with Gasteiger partial charge in [-0.25, -0.2) is 0 Å². The molecule has 1 aromatic rings. The summed E-state index contributed by atoms with van der Waals surface area (Å²) >= 11 is 0. The van der Waals surface area contributed by atoms with Gasteiger partial charge in [-0.1, -0.05) is 13.8 Å². The number of rotatable bonds is 6. The minimum Gasteiger partial charge on any atom is -0.484 e. The maximum atomic E-state index is 12.4. The highest BCUT2D eigenvalue weighted by molar-refractivity contribution is 5.95. The Morgan fingerprint density at radius 1 is 1.14 bits per heavy atom. The number of carbonyl (C=O) groups excluding carboxylic acids is 2. The minimum absolute atomic E-state index is 0.00610. The molecule has 0 spiro atoms.